The fourth-order valence-electron chi connectivity index (χ4n) is 3.20. The van der Waals surface area contributed by atoms with Gasteiger partial charge in [0.25, 0.3) is 5.91 Å². The summed E-state index contributed by atoms with van der Waals surface area (Å²) in [6.45, 7) is 10.6. The topological polar surface area (TPSA) is 63.7 Å². The number of carbonyl (C=O) groups excluding carboxylic acids is 3. The normalized spacial score (nSPS) is 16.0. The van der Waals surface area contributed by atoms with Crippen LogP contribution in [0.4, 0.5) is 0 Å². The number of ether oxygens (including phenoxy) is 1. The van der Waals surface area contributed by atoms with Gasteiger partial charge >= 0.3 is 5.97 Å². The summed E-state index contributed by atoms with van der Waals surface area (Å²) in [6, 6.07) is 0. The number of imide groups is 1. The van der Waals surface area contributed by atoms with E-state index < -0.39 is 0 Å². The van der Waals surface area contributed by atoms with E-state index >= 15 is 0 Å². The Morgan fingerprint density at radius 1 is 1.24 bits per heavy atom. The molecule has 0 spiro atoms. The van der Waals surface area contributed by atoms with E-state index in [-0.39, 0.29) is 41.4 Å². The predicted molar refractivity (Wildman–Crippen MR) is 97.5 cm³/mol. The van der Waals surface area contributed by atoms with Crippen molar-refractivity contribution in [1.29, 1.82) is 0 Å². The van der Waals surface area contributed by atoms with Crippen molar-refractivity contribution in [2.75, 3.05) is 6.54 Å². The second-order valence-electron chi connectivity index (χ2n) is 8.29. The number of rotatable bonds is 9. The van der Waals surface area contributed by atoms with E-state index in [0.717, 1.165) is 32.1 Å². The average Bonchev–Trinajstić information content (AvgIpc) is 2.81. The second kappa shape index (κ2) is 9.73. The van der Waals surface area contributed by atoms with E-state index in [0.29, 0.717) is 12.8 Å². The molecule has 0 aromatic rings. The Morgan fingerprint density at radius 2 is 1.92 bits per heavy atom. The van der Waals surface area contributed by atoms with Crippen molar-refractivity contribution in [2.24, 2.45) is 11.3 Å². The molecule has 5 nitrogen and oxygen atoms in total. The molecule has 0 aromatic heterocycles. The van der Waals surface area contributed by atoms with Gasteiger partial charge in [0.2, 0.25) is 5.91 Å². The lowest BCUT2D eigenvalue weighted by atomic mass is 9.84. The number of amides is 2. The summed E-state index contributed by atoms with van der Waals surface area (Å²) in [6.07, 6.45) is 6.83. The highest BCUT2D eigenvalue weighted by Crippen LogP contribution is 2.26. The van der Waals surface area contributed by atoms with Crippen LogP contribution in [0, 0.1) is 11.3 Å². The number of carbonyl (C=O) groups is 3. The van der Waals surface area contributed by atoms with Crippen LogP contribution in [0.25, 0.3) is 0 Å². The zero-order valence-electron chi connectivity index (χ0n) is 16.4. The molecule has 142 valence electrons. The van der Waals surface area contributed by atoms with Crippen LogP contribution >= 0.6 is 0 Å². The summed E-state index contributed by atoms with van der Waals surface area (Å²) in [7, 11) is 0. The minimum atomic E-state index is -0.383. The zero-order valence-corrected chi connectivity index (χ0v) is 16.4. The van der Waals surface area contributed by atoms with Gasteiger partial charge in [-0.25, -0.2) is 0 Å². The molecule has 1 atom stereocenters. The molecule has 1 aliphatic heterocycles. The molecule has 0 aliphatic carbocycles. The van der Waals surface area contributed by atoms with Gasteiger partial charge in [0, 0.05) is 18.9 Å². The largest absolute Gasteiger partial charge is 0.429 e. The third-order valence-corrected chi connectivity index (χ3v) is 4.13. The summed E-state index contributed by atoms with van der Waals surface area (Å²) in [5, 5.41) is 0. The molecule has 0 saturated heterocycles. The Morgan fingerprint density at radius 3 is 2.52 bits per heavy atom. The highest BCUT2D eigenvalue weighted by atomic mass is 16.5. The molecule has 2 amide bonds. The fourth-order valence-corrected chi connectivity index (χ4v) is 3.20. The van der Waals surface area contributed by atoms with Crippen LogP contribution in [0.3, 0.4) is 0 Å². The summed E-state index contributed by atoms with van der Waals surface area (Å²) >= 11 is 0. The van der Waals surface area contributed by atoms with Gasteiger partial charge in [0.05, 0.1) is 6.54 Å². The molecule has 0 N–H and O–H groups in total. The maximum Gasteiger partial charge on any atom is 0.311 e. The monoisotopic (exact) mass is 351 g/mol. The molecule has 0 bridgehead atoms. The Labute approximate surface area is 151 Å². The van der Waals surface area contributed by atoms with E-state index in [1.54, 1.807) is 0 Å². The summed E-state index contributed by atoms with van der Waals surface area (Å²) in [4.78, 5) is 37.3. The maximum atomic E-state index is 12.1. The van der Waals surface area contributed by atoms with E-state index in [1.807, 2.05) is 6.92 Å². The SMILES string of the molecule is CCCCCCC(=O)N1CC(OC(=O)CC(C)CC(C)(C)C)=CC1=O. The standard InChI is InChI=1S/C20H33NO4/c1-6-7-8-9-10-17(22)21-14-16(12-18(21)23)25-19(24)11-15(2)13-20(3,4)5/h12,15H,6-11,13-14H2,1-5H3. The third-order valence-electron chi connectivity index (χ3n) is 4.13. The Hall–Kier alpha value is -1.65. The van der Waals surface area contributed by atoms with Crippen molar-refractivity contribution in [2.45, 2.75) is 79.6 Å². The Balaban J connectivity index is 2.41. The minimum Gasteiger partial charge on any atom is -0.429 e. The molecule has 5 heteroatoms. The van der Waals surface area contributed by atoms with Gasteiger partial charge < -0.3 is 4.74 Å². The first kappa shape index (κ1) is 21.4. The van der Waals surface area contributed by atoms with Gasteiger partial charge in [-0.15, -0.1) is 0 Å². The first-order valence-corrected chi connectivity index (χ1v) is 9.38. The van der Waals surface area contributed by atoms with Crippen molar-refractivity contribution in [3.05, 3.63) is 11.8 Å². The number of hydrogen-bond donors (Lipinski definition) is 0. The lowest BCUT2D eigenvalue weighted by Crippen LogP contribution is -2.33. The van der Waals surface area contributed by atoms with Crippen LogP contribution in [-0.2, 0) is 19.1 Å². The van der Waals surface area contributed by atoms with Gasteiger partial charge in [-0.2, -0.15) is 0 Å². The van der Waals surface area contributed by atoms with Crippen LogP contribution in [0.1, 0.15) is 79.6 Å². The molecule has 0 aromatic carbocycles. The van der Waals surface area contributed by atoms with Crippen LogP contribution in [0.5, 0.6) is 0 Å². The smallest absolute Gasteiger partial charge is 0.311 e. The third kappa shape index (κ3) is 8.32. The van der Waals surface area contributed by atoms with E-state index in [4.69, 9.17) is 4.74 Å². The van der Waals surface area contributed by atoms with E-state index in [1.165, 1.54) is 11.0 Å². The summed E-state index contributed by atoms with van der Waals surface area (Å²) in [5.41, 5.74) is 0.156. The fraction of sp³-hybridized carbons (Fsp3) is 0.750. The van der Waals surface area contributed by atoms with Crippen molar-refractivity contribution in [3.8, 4) is 0 Å². The number of esters is 1. The van der Waals surface area contributed by atoms with Crippen LogP contribution < -0.4 is 0 Å². The Bertz CT molecular complexity index is 516. The molecular formula is C20H33NO4. The van der Waals surface area contributed by atoms with Crippen molar-refractivity contribution in [3.63, 3.8) is 0 Å². The average molecular weight is 351 g/mol. The lowest BCUT2D eigenvalue weighted by molar-refractivity contribution is -0.144. The minimum absolute atomic E-state index is 0.0742. The molecule has 1 heterocycles. The zero-order chi connectivity index (χ0) is 19.0. The first-order valence-electron chi connectivity index (χ1n) is 9.38. The molecule has 0 saturated carbocycles. The summed E-state index contributed by atoms with van der Waals surface area (Å²) < 4.78 is 5.30. The molecule has 25 heavy (non-hydrogen) atoms. The van der Waals surface area contributed by atoms with Gasteiger partial charge in [-0.05, 0) is 24.2 Å². The highest BCUT2D eigenvalue weighted by molar-refractivity contribution is 6.03. The summed E-state index contributed by atoms with van der Waals surface area (Å²) in [5.74, 6) is -0.426. The molecule has 1 rings (SSSR count). The number of hydrogen-bond acceptors (Lipinski definition) is 4. The van der Waals surface area contributed by atoms with Crippen molar-refractivity contribution >= 4 is 17.8 Å². The first-order chi connectivity index (χ1) is 11.6. The van der Waals surface area contributed by atoms with Crippen molar-refractivity contribution in [1.82, 2.24) is 4.90 Å². The van der Waals surface area contributed by atoms with E-state index in [9.17, 15) is 14.4 Å². The molecule has 0 radical (unpaired) electrons. The van der Waals surface area contributed by atoms with Crippen LogP contribution in [0.15, 0.2) is 11.8 Å². The predicted octanol–water partition coefficient (Wildman–Crippen LogP) is 4.22. The van der Waals surface area contributed by atoms with Gasteiger partial charge in [0.15, 0.2) is 0 Å². The molecular weight excluding hydrogens is 318 g/mol. The molecule has 0 fully saturated rings. The molecule has 1 unspecified atom stereocenters. The van der Waals surface area contributed by atoms with Gasteiger partial charge in [-0.3, -0.25) is 19.3 Å². The van der Waals surface area contributed by atoms with Crippen LogP contribution in [-0.4, -0.2) is 29.2 Å². The number of unbranched alkanes of at least 4 members (excludes halogenated alkanes) is 3. The highest BCUT2D eigenvalue weighted by Gasteiger charge is 2.29. The van der Waals surface area contributed by atoms with Crippen molar-refractivity contribution < 1.29 is 19.1 Å². The quantitative estimate of drug-likeness (QED) is 0.461. The lowest BCUT2D eigenvalue weighted by Gasteiger charge is -2.22. The van der Waals surface area contributed by atoms with E-state index in [2.05, 4.69) is 27.7 Å². The van der Waals surface area contributed by atoms with Crippen LogP contribution in [0.2, 0.25) is 0 Å². The van der Waals surface area contributed by atoms with Gasteiger partial charge in [-0.1, -0.05) is 53.9 Å². The number of nitrogens with zero attached hydrogens (tertiary/aromatic N) is 1. The molecule has 1 aliphatic rings. The Kier molecular flexibility index (Phi) is 8.33. The van der Waals surface area contributed by atoms with Gasteiger partial charge in [0.1, 0.15) is 5.76 Å². The second-order valence-corrected chi connectivity index (χ2v) is 8.29. The maximum absolute atomic E-state index is 12.1.